The Morgan fingerprint density at radius 2 is 2.14 bits per heavy atom. The lowest BCUT2D eigenvalue weighted by atomic mass is 10.4. The molecular formula is C10H21N3O. The molecule has 1 aliphatic carbocycles. The van der Waals surface area contributed by atoms with Crippen molar-refractivity contribution in [2.24, 2.45) is 5.73 Å². The molecule has 1 saturated carbocycles. The molecule has 1 fully saturated rings. The van der Waals surface area contributed by atoms with Crippen LogP contribution < -0.4 is 5.73 Å². The average molecular weight is 199 g/mol. The number of amides is 1. The van der Waals surface area contributed by atoms with Crippen LogP contribution in [0.4, 0.5) is 0 Å². The van der Waals surface area contributed by atoms with Crippen molar-refractivity contribution in [3.05, 3.63) is 0 Å². The fraction of sp³-hybridized carbons (Fsp3) is 0.900. The zero-order valence-corrected chi connectivity index (χ0v) is 9.20. The van der Waals surface area contributed by atoms with E-state index in [2.05, 4.69) is 4.90 Å². The van der Waals surface area contributed by atoms with Gasteiger partial charge in [0.2, 0.25) is 5.91 Å². The zero-order valence-electron chi connectivity index (χ0n) is 9.20. The Balaban J connectivity index is 2.34. The van der Waals surface area contributed by atoms with E-state index in [-0.39, 0.29) is 5.91 Å². The minimum Gasteiger partial charge on any atom is -0.345 e. The van der Waals surface area contributed by atoms with Gasteiger partial charge in [0.15, 0.2) is 0 Å². The standard InChI is InChI=1S/C10H21N3O/c1-3-12(2)10(14)8-13(7-6-11)9-4-5-9/h9H,3-8,11H2,1-2H3. The van der Waals surface area contributed by atoms with E-state index >= 15 is 0 Å². The lowest BCUT2D eigenvalue weighted by molar-refractivity contribution is -0.131. The van der Waals surface area contributed by atoms with Crippen molar-refractivity contribution in [2.45, 2.75) is 25.8 Å². The Morgan fingerprint density at radius 3 is 2.57 bits per heavy atom. The molecule has 0 radical (unpaired) electrons. The summed E-state index contributed by atoms with van der Waals surface area (Å²) in [5.41, 5.74) is 5.51. The second-order valence-electron chi connectivity index (χ2n) is 3.90. The van der Waals surface area contributed by atoms with E-state index in [4.69, 9.17) is 5.73 Å². The molecular weight excluding hydrogens is 178 g/mol. The van der Waals surface area contributed by atoms with E-state index in [1.54, 1.807) is 4.90 Å². The van der Waals surface area contributed by atoms with Gasteiger partial charge in [-0.2, -0.15) is 0 Å². The van der Waals surface area contributed by atoms with Crippen molar-refractivity contribution in [3.8, 4) is 0 Å². The largest absolute Gasteiger partial charge is 0.345 e. The fourth-order valence-electron chi connectivity index (χ4n) is 1.47. The van der Waals surface area contributed by atoms with Crippen molar-refractivity contribution in [3.63, 3.8) is 0 Å². The smallest absolute Gasteiger partial charge is 0.236 e. The molecule has 1 amide bonds. The Morgan fingerprint density at radius 1 is 1.50 bits per heavy atom. The summed E-state index contributed by atoms with van der Waals surface area (Å²) in [6.45, 7) is 4.78. The van der Waals surface area contributed by atoms with E-state index in [0.717, 1.165) is 13.1 Å². The first-order valence-corrected chi connectivity index (χ1v) is 5.37. The molecule has 14 heavy (non-hydrogen) atoms. The van der Waals surface area contributed by atoms with Crippen molar-refractivity contribution in [2.75, 3.05) is 33.2 Å². The van der Waals surface area contributed by atoms with Crippen molar-refractivity contribution < 1.29 is 4.79 Å². The quantitative estimate of drug-likeness (QED) is 0.649. The first-order valence-electron chi connectivity index (χ1n) is 5.37. The molecule has 0 aromatic carbocycles. The number of likely N-dealkylation sites (N-methyl/N-ethyl adjacent to an activating group) is 1. The number of hydrogen-bond acceptors (Lipinski definition) is 3. The van der Waals surface area contributed by atoms with E-state index in [1.165, 1.54) is 12.8 Å². The van der Waals surface area contributed by atoms with E-state index in [0.29, 0.717) is 19.1 Å². The Hall–Kier alpha value is -0.610. The van der Waals surface area contributed by atoms with Gasteiger partial charge >= 0.3 is 0 Å². The number of nitrogens with two attached hydrogens (primary N) is 1. The highest BCUT2D eigenvalue weighted by Gasteiger charge is 2.29. The zero-order chi connectivity index (χ0) is 10.6. The summed E-state index contributed by atoms with van der Waals surface area (Å²) in [7, 11) is 1.84. The predicted molar refractivity (Wildman–Crippen MR) is 57.0 cm³/mol. The number of carbonyl (C=O) groups excluding carboxylic acids is 1. The lowest BCUT2D eigenvalue weighted by Gasteiger charge is -2.23. The third-order valence-electron chi connectivity index (χ3n) is 2.72. The molecule has 0 bridgehead atoms. The van der Waals surface area contributed by atoms with Gasteiger partial charge in [-0.15, -0.1) is 0 Å². The van der Waals surface area contributed by atoms with Gasteiger partial charge in [0, 0.05) is 32.7 Å². The number of hydrogen-bond donors (Lipinski definition) is 1. The summed E-state index contributed by atoms with van der Waals surface area (Å²) >= 11 is 0. The van der Waals surface area contributed by atoms with Crippen LogP contribution in [0.15, 0.2) is 0 Å². The van der Waals surface area contributed by atoms with E-state index in [1.807, 2.05) is 14.0 Å². The third kappa shape index (κ3) is 3.27. The summed E-state index contributed by atoms with van der Waals surface area (Å²) in [4.78, 5) is 15.6. The van der Waals surface area contributed by atoms with Gasteiger partial charge in [-0.25, -0.2) is 0 Å². The van der Waals surface area contributed by atoms with Crippen LogP contribution in [-0.2, 0) is 4.79 Å². The van der Waals surface area contributed by atoms with Crippen molar-refractivity contribution in [1.29, 1.82) is 0 Å². The van der Waals surface area contributed by atoms with Gasteiger partial charge in [-0.3, -0.25) is 9.69 Å². The lowest BCUT2D eigenvalue weighted by Crippen LogP contribution is -2.41. The molecule has 0 aromatic heterocycles. The highest BCUT2D eigenvalue weighted by Crippen LogP contribution is 2.26. The maximum absolute atomic E-state index is 11.6. The van der Waals surface area contributed by atoms with Crippen LogP contribution >= 0.6 is 0 Å². The Labute approximate surface area is 86.0 Å². The number of rotatable bonds is 6. The van der Waals surface area contributed by atoms with Crippen molar-refractivity contribution >= 4 is 5.91 Å². The van der Waals surface area contributed by atoms with Crippen LogP contribution in [0.5, 0.6) is 0 Å². The molecule has 1 rings (SSSR count). The van der Waals surface area contributed by atoms with Gasteiger partial charge < -0.3 is 10.6 Å². The molecule has 2 N–H and O–H groups in total. The Kier molecular flexibility index (Phi) is 4.35. The first-order chi connectivity index (χ1) is 6.69. The van der Waals surface area contributed by atoms with Gasteiger partial charge in [-0.1, -0.05) is 0 Å². The second-order valence-corrected chi connectivity index (χ2v) is 3.90. The van der Waals surface area contributed by atoms with Crippen LogP contribution in [-0.4, -0.2) is 55.0 Å². The van der Waals surface area contributed by atoms with Gasteiger partial charge in [0.1, 0.15) is 0 Å². The minimum absolute atomic E-state index is 0.202. The minimum atomic E-state index is 0.202. The molecule has 82 valence electrons. The average Bonchev–Trinajstić information content (AvgIpc) is 2.99. The molecule has 1 aliphatic rings. The summed E-state index contributed by atoms with van der Waals surface area (Å²) in [5.74, 6) is 0.202. The summed E-state index contributed by atoms with van der Waals surface area (Å²) < 4.78 is 0. The van der Waals surface area contributed by atoms with Gasteiger partial charge in [0.05, 0.1) is 6.54 Å². The molecule has 0 aliphatic heterocycles. The molecule has 4 heteroatoms. The highest BCUT2D eigenvalue weighted by molar-refractivity contribution is 5.78. The van der Waals surface area contributed by atoms with Crippen LogP contribution in [0.25, 0.3) is 0 Å². The summed E-state index contributed by atoms with van der Waals surface area (Å²) in [6.07, 6.45) is 2.45. The van der Waals surface area contributed by atoms with E-state index < -0.39 is 0 Å². The monoisotopic (exact) mass is 199 g/mol. The molecule has 0 heterocycles. The van der Waals surface area contributed by atoms with Crippen LogP contribution in [0.3, 0.4) is 0 Å². The van der Waals surface area contributed by atoms with E-state index in [9.17, 15) is 4.79 Å². The summed E-state index contributed by atoms with van der Waals surface area (Å²) in [6, 6.07) is 0.618. The maximum Gasteiger partial charge on any atom is 0.236 e. The fourth-order valence-corrected chi connectivity index (χ4v) is 1.47. The molecule has 4 nitrogen and oxygen atoms in total. The normalized spacial score (nSPS) is 16.0. The molecule has 0 saturated heterocycles. The third-order valence-corrected chi connectivity index (χ3v) is 2.72. The van der Waals surface area contributed by atoms with Gasteiger partial charge in [0.25, 0.3) is 0 Å². The van der Waals surface area contributed by atoms with Crippen LogP contribution in [0.1, 0.15) is 19.8 Å². The van der Waals surface area contributed by atoms with Crippen LogP contribution in [0, 0.1) is 0 Å². The SMILES string of the molecule is CCN(C)C(=O)CN(CCN)C1CC1. The molecule has 0 atom stereocenters. The molecule has 0 unspecified atom stereocenters. The topological polar surface area (TPSA) is 49.6 Å². The first kappa shape index (κ1) is 11.5. The maximum atomic E-state index is 11.6. The second kappa shape index (κ2) is 5.32. The number of nitrogens with zero attached hydrogens (tertiary/aromatic N) is 2. The molecule has 0 aromatic rings. The molecule has 0 spiro atoms. The Bertz CT molecular complexity index is 192. The van der Waals surface area contributed by atoms with Crippen molar-refractivity contribution in [1.82, 2.24) is 9.80 Å². The van der Waals surface area contributed by atoms with Gasteiger partial charge in [-0.05, 0) is 19.8 Å². The predicted octanol–water partition coefficient (Wildman–Crippen LogP) is -0.112. The highest BCUT2D eigenvalue weighted by atomic mass is 16.2. The van der Waals surface area contributed by atoms with Crippen LogP contribution in [0.2, 0.25) is 0 Å². The summed E-state index contributed by atoms with van der Waals surface area (Å²) in [5, 5.41) is 0. The number of carbonyl (C=O) groups is 1.